The molecule has 0 unspecified atom stereocenters. The van der Waals surface area contributed by atoms with Crippen molar-refractivity contribution >= 4 is 46.4 Å². The van der Waals surface area contributed by atoms with Crippen LogP contribution in [0.25, 0.3) is 17.0 Å². The van der Waals surface area contributed by atoms with Gasteiger partial charge in [-0.1, -0.05) is 23.8 Å². The molecule has 0 aliphatic heterocycles. The first-order chi connectivity index (χ1) is 9.54. The van der Waals surface area contributed by atoms with E-state index in [0.29, 0.717) is 27.3 Å². The van der Waals surface area contributed by atoms with Gasteiger partial charge in [-0.25, -0.2) is 4.79 Å². The molecule has 1 N–H and O–H groups in total. The highest BCUT2D eigenvalue weighted by molar-refractivity contribution is 7.98. The summed E-state index contributed by atoms with van der Waals surface area (Å²) in [5, 5.41) is 10.6. The lowest BCUT2D eigenvalue weighted by molar-refractivity contribution is 0.0697. The van der Waals surface area contributed by atoms with Crippen molar-refractivity contribution < 1.29 is 14.3 Å². The number of hydrogen-bond donors (Lipinski definition) is 1. The Bertz CT molecular complexity index is 673. The van der Waals surface area contributed by atoms with E-state index in [1.807, 2.05) is 12.3 Å². The Kier molecular flexibility index (Phi) is 4.78. The highest BCUT2D eigenvalue weighted by atomic mass is 35.5. The van der Waals surface area contributed by atoms with Gasteiger partial charge in [-0.15, -0.1) is 0 Å². The molecule has 0 aliphatic carbocycles. The molecule has 1 aromatic heterocycles. The number of fused-ring (bicyclic) bond motifs is 1. The van der Waals surface area contributed by atoms with Crippen molar-refractivity contribution in [3.63, 3.8) is 0 Å². The summed E-state index contributed by atoms with van der Waals surface area (Å²) in [6.07, 6.45) is 6.60. The number of carboxylic acids is 1. The van der Waals surface area contributed by atoms with Gasteiger partial charge in [0.1, 0.15) is 16.9 Å². The van der Waals surface area contributed by atoms with Crippen molar-refractivity contribution in [3.05, 3.63) is 40.1 Å². The lowest BCUT2D eigenvalue weighted by atomic mass is 10.0. The Morgan fingerprint density at radius 1 is 1.50 bits per heavy atom. The molecular formula is C15H15ClO3S. The van der Waals surface area contributed by atoms with E-state index in [2.05, 4.69) is 0 Å². The Balaban J connectivity index is 2.56. The molecule has 0 amide bonds. The standard InChI is InChI=1S/C15H15ClO3S/c1-9-7-10-8-12(16)11(5-3-4-6-20-2)13(15(17)18)14(10)19-9/h3,5,7-8H,4,6H2,1-2H3,(H,17,18)/b5-3+. The number of carboxylic acid groups (broad SMARTS) is 1. The molecule has 0 saturated carbocycles. The molecule has 0 aliphatic rings. The van der Waals surface area contributed by atoms with Crippen LogP contribution >= 0.6 is 23.4 Å². The van der Waals surface area contributed by atoms with Crippen LogP contribution in [0.5, 0.6) is 0 Å². The second-order valence-electron chi connectivity index (χ2n) is 4.41. The number of thioether (sulfide) groups is 1. The first kappa shape index (κ1) is 15.0. The fourth-order valence-corrected chi connectivity index (χ4v) is 2.70. The second-order valence-corrected chi connectivity index (χ2v) is 5.80. The minimum absolute atomic E-state index is 0.126. The van der Waals surface area contributed by atoms with Crippen LogP contribution in [0.4, 0.5) is 0 Å². The highest BCUT2D eigenvalue weighted by Crippen LogP contribution is 2.32. The molecule has 0 fully saturated rings. The van der Waals surface area contributed by atoms with Crippen molar-refractivity contribution in [2.24, 2.45) is 0 Å². The quantitative estimate of drug-likeness (QED) is 0.801. The Labute approximate surface area is 126 Å². The highest BCUT2D eigenvalue weighted by Gasteiger charge is 2.19. The number of rotatable bonds is 5. The molecule has 20 heavy (non-hydrogen) atoms. The number of aryl methyl sites for hydroxylation is 1. The lowest BCUT2D eigenvalue weighted by Crippen LogP contribution is -2.01. The largest absolute Gasteiger partial charge is 0.478 e. The summed E-state index contributed by atoms with van der Waals surface area (Å²) < 4.78 is 5.51. The van der Waals surface area contributed by atoms with Crippen molar-refractivity contribution in [3.8, 4) is 0 Å². The third-order valence-corrected chi connectivity index (χ3v) is 3.86. The summed E-state index contributed by atoms with van der Waals surface area (Å²) in [5.41, 5.74) is 1.01. The average Bonchev–Trinajstić information content (AvgIpc) is 2.73. The molecule has 0 radical (unpaired) electrons. The van der Waals surface area contributed by atoms with Crippen LogP contribution < -0.4 is 0 Å². The van der Waals surface area contributed by atoms with Crippen LogP contribution in [-0.2, 0) is 0 Å². The van der Waals surface area contributed by atoms with E-state index >= 15 is 0 Å². The molecule has 106 valence electrons. The van der Waals surface area contributed by atoms with Crippen molar-refractivity contribution in [2.75, 3.05) is 12.0 Å². The second kappa shape index (κ2) is 6.37. The van der Waals surface area contributed by atoms with Gasteiger partial charge in [0, 0.05) is 16.0 Å². The Hall–Kier alpha value is -1.39. The van der Waals surface area contributed by atoms with Gasteiger partial charge >= 0.3 is 5.97 Å². The number of hydrogen-bond acceptors (Lipinski definition) is 3. The number of benzene rings is 1. The fourth-order valence-electron chi connectivity index (χ4n) is 2.05. The number of halogens is 1. The number of aromatic carboxylic acids is 1. The van der Waals surface area contributed by atoms with Crippen LogP contribution in [0.15, 0.2) is 22.6 Å². The summed E-state index contributed by atoms with van der Waals surface area (Å²) in [6, 6.07) is 3.53. The van der Waals surface area contributed by atoms with E-state index in [1.165, 1.54) is 0 Å². The van der Waals surface area contributed by atoms with E-state index in [0.717, 1.165) is 12.2 Å². The number of carbonyl (C=O) groups is 1. The molecule has 3 nitrogen and oxygen atoms in total. The Morgan fingerprint density at radius 2 is 2.25 bits per heavy atom. The summed E-state index contributed by atoms with van der Waals surface area (Å²) in [5.74, 6) is 0.622. The van der Waals surface area contributed by atoms with Crippen molar-refractivity contribution in [2.45, 2.75) is 13.3 Å². The van der Waals surface area contributed by atoms with E-state index < -0.39 is 5.97 Å². The van der Waals surface area contributed by atoms with Crippen LogP contribution in [-0.4, -0.2) is 23.1 Å². The number of furan rings is 1. The predicted octanol–water partition coefficient (Wildman–Crippen LogP) is 4.86. The first-order valence-electron chi connectivity index (χ1n) is 6.16. The molecular weight excluding hydrogens is 296 g/mol. The lowest BCUT2D eigenvalue weighted by Gasteiger charge is -2.05. The zero-order valence-corrected chi connectivity index (χ0v) is 12.8. The van der Waals surface area contributed by atoms with Crippen LogP contribution in [0.2, 0.25) is 5.02 Å². The van der Waals surface area contributed by atoms with Crippen LogP contribution in [0.1, 0.15) is 28.1 Å². The molecule has 0 atom stereocenters. The third kappa shape index (κ3) is 3.02. The van der Waals surface area contributed by atoms with Crippen molar-refractivity contribution in [1.29, 1.82) is 0 Å². The van der Waals surface area contributed by atoms with Gasteiger partial charge in [0.15, 0.2) is 0 Å². The van der Waals surface area contributed by atoms with E-state index in [4.69, 9.17) is 16.0 Å². The smallest absolute Gasteiger partial charge is 0.340 e. The van der Waals surface area contributed by atoms with Gasteiger partial charge in [0.2, 0.25) is 0 Å². The van der Waals surface area contributed by atoms with Gasteiger partial charge in [0.25, 0.3) is 0 Å². The van der Waals surface area contributed by atoms with Crippen LogP contribution in [0.3, 0.4) is 0 Å². The minimum Gasteiger partial charge on any atom is -0.478 e. The maximum Gasteiger partial charge on any atom is 0.340 e. The molecule has 0 spiro atoms. The average molecular weight is 311 g/mol. The van der Waals surface area contributed by atoms with E-state index in [9.17, 15) is 9.90 Å². The minimum atomic E-state index is -1.03. The number of allylic oxidation sites excluding steroid dienone is 1. The molecule has 1 aromatic carbocycles. The van der Waals surface area contributed by atoms with Gasteiger partial charge in [-0.2, -0.15) is 11.8 Å². The zero-order valence-electron chi connectivity index (χ0n) is 11.3. The van der Waals surface area contributed by atoms with Crippen molar-refractivity contribution in [1.82, 2.24) is 0 Å². The molecule has 0 bridgehead atoms. The van der Waals surface area contributed by atoms with E-state index in [1.54, 1.807) is 36.9 Å². The van der Waals surface area contributed by atoms with Crippen LogP contribution in [0, 0.1) is 6.92 Å². The summed E-state index contributed by atoms with van der Waals surface area (Å²) in [6.45, 7) is 1.79. The molecule has 2 aromatic rings. The maximum absolute atomic E-state index is 11.5. The monoisotopic (exact) mass is 310 g/mol. The summed E-state index contributed by atoms with van der Waals surface area (Å²) in [4.78, 5) is 11.5. The maximum atomic E-state index is 11.5. The normalized spacial score (nSPS) is 11.6. The summed E-state index contributed by atoms with van der Waals surface area (Å²) >= 11 is 7.95. The summed E-state index contributed by atoms with van der Waals surface area (Å²) in [7, 11) is 0. The SMILES string of the molecule is CSCC/C=C/c1c(Cl)cc2cc(C)oc2c1C(=O)O. The zero-order chi connectivity index (χ0) is 14.7. The molecule has 1 heterocycles. The molecule has 5 heteroatoms. The van der Waals surface area contributed by atoms with E-state index in [-0.39, 0.29) is 5.56 Å². The Morgan fingerprint density at radius 3 is 2.90 bits per heavy atom. The molecule has 0 saturated heterocycles. The van der Waals surface area contributed by atoms with Gasteiger partial charge in [-0.05, 0) is 37.5 Å². The predicted molar refractivity (Wildman–Crippen MR) is 85.0 cm³/mol. The van der Waals surface area contributed by atoms with Gasteiger partial charge < -0.3 is 9.52 Å². The van der Waals surface area contributed by atoms with Gasteiger partial charge in [-0.3, -0.25) is 0 Å². The third-order valence-electron chi connectivity index (χ3n) is 2.91. The fraction of sp³-hybridized carbons (Fsp3) is 0.267. The topological polar surface area (TPSA) is 50.4 Å². The first-order valence-corrected chi connectivity index (χ1v) is 7.93. The molecule has 2 rings (SSSR count). The van der Waals surface area contributed by atoms with Gasteiger partial charge in [0.05, 0.1) is 0 Å².